The van der Waals surface area contributed by atoms with Crippen LogP contribution in [0.15, 0.2) is 53.5 Å². The smallest absolute Gasteiger partial charge is 0.188 e. The van der Waals surface area contributed by atoms with Gasteiger partial charge in [-0.15, -0.1) is 0 Å². The standard InChI is InChI=1S/C20H27N3O2/c1-15(18-6-4-5-7-19(18)25-3)14-23-20(21)22-13-12-16-8-10-17(24-2)11-9-16/h4-11,15H,12-14H2,1-3H3,(H3,21,22,23). The topological polar surface area (TPSA) is 68.9 Å². The van der Waals surface area contributed by atoms with Crippen molar-refractivity contribution in [2.45, 2.75) is 19.3 Å². The Morgan fingerprint density at radius 3 is 2.48 bits per heavy atom. The van der Waals surface area contributed by atoms with Crippen LogP contribution >= 0.6 is 0 Å². The summed E-state index contributed by atoms with van der Waals surface area (Å²) in [5, 5.41) is 3.16. The van der Waals surface area contributed by atoms with Crippen molar-refractivity contribution in [2.24, 2.45) is 10.7 Å². The van der Waals surface area contributed by atoms with E-state index in [0.717, 1.165) is 30.0 Å². The number of hydrogen-bond donors (Lipinski definition) is 2. The summed E-state index contributed by atoms with van der Waals surface area (Å²) in [6.45, 7) is 3.47. The Bertz CT molecular complexity index is 684. The van der Waals surface area contributed by atoms with Crippen molar-refractivity contribution in [3.63, 3.8) is 0 Å². The summed E-state index contributed by atoms with van der Waals surface area (Å²) >= 11 is 0. The molecule has 0 saturated carbocycles. The third kappa shape index (κ3) is 5.71. The van der Waals surface area contributed by atoms with Gasteiger partial charge in [0.25, 0.3) is 0 Å². The van der Waals surface area contributed by atoms with E-state index in [1.54, 1.807) is 14.2 Å². The van der Waals surface area contributed by atoms with Gasteiger partial charge in [-0.25, -0.2) is 0 Å². The van der Waals surface area contributed by atoms with Gasteiger partial charge in [0.15, 0.2) is 5.96 Å². The van der Waals surface area contributed by atoms with Crippen LogP contribution in [-0.4, -0.2) is 33.3 Å². The number of nitrogens with zero attached hydrogens (tertiary/aromatic N) is 1. The molecule has 0 radical (unpaired) electrons. The molecule has 25 heavy (non-hydrogen) atoms. The highest BCUT2D eigenvalue weighted by Crippen LogP contribution is 2.26. The number of hydrogen-bond acceptors (Lipinski definition) is 3. The van der Waals surface area contributed by atoms with Crippen molar-refractivity contribution >= 4 is 5.96 Å². The molecular formula is C20H27N3O2. The van der Waals surface area contributed by atoms with Gasteiger partial charge in [-0.3, -0.25) is 4.99 Å². The lowest BCUT2D eigenvalue weighted by molar-refractivity contribution is 0.407. The highest BCUT2D eigenvalue weighted by molar-refractivity contribution is 5.77. The lowest BCUT2D eigenvalue weighted by Crippen LogP contribution is -2.33. The molecule has 1 atom stereocenters. The molecule has 0 aliphatic heterocycles. The number of para-hydroxylation sites is 1. The van der Waals surface area contributed by atoms with E-state index in [1.165, 1.54) is 5.56 Å². The number of nitrogens with two attached hydrogens (primary N) is 1. The third-order valence-electron chi connectivity index (χ3n) is 4.08. The number of benzene rings is 2. The fourth-order valence-corrected chi connectivity index (χ4v) is 2.59. The molecule has 1 unspecified atom stereocenters. The predicted molar refractivity (Wildman–Crippen MR) is 103 cm³/mol. The second-order valence-corrected chi connectivity index (χ2v) is 5.89. The van der Waals surface area contributed by atoms with Gasteiger partial charge in [-0.05, 0) is 35.7 Å². The average molecular weight is 341 g/mol. The highest BCUT2D eigenvalue weighted by Gasteiger charge is 2.10. The number of nitrogens with one attached hydrogen (secondary N) is 1. The van der Waals surface area contributed by atoms with Crippen LogP contribution in [-0.2, 0) is 6.42 Å². The van der Waals surface area contributed by atoms with Gasteiger partial charge in [0, 0.05) is 19.0 Å². The van der Waals surface area contributed by atoms with Gasteiger partial charge in [0.2, 0.25) is 0 Å². The van der Waals surface area contributed by atoms with Crippen LogP contribution in [0.4, 0.5) is 0 Å². The van der Waals surface area contributed by atoms with E-state index in [9.17, 15) is 0 Å². The fraction of sp³-hybridized carbons (Fsp3) is 0.350. The Labute approximate surface area is 149 Å². The average Bonchev–Trinajstić information content (AvgIpc) is 2.66. The summed E-state index contributed by atoms with van der Waals surface area (Å²) in [5.41, 5.74) is 8.33. The second-order valence-electron chi connectivity index (χ2n) is 5.89. The van der Waals surface area contributed by atoms with E-state index in [2.05, 4.69) is 35.4 Å². The molecule has 0 heterocycles. The molecule has 2 rings (SSSR count). The van der Waals surface area contributed by atoms with E-state index >= 15 is 0 Å². The minimum atomic E-state index is 0.234. The molecule has 2 aromatic rings. The SMILES string of the molecule is COc1ccc(CCNC(N)=NCC(C)c2ccccc2OC)cc1. The molecule has 2 aromatic carbocycles. The Kier molecular flexibility index (Phi) is 7.14. The van der Waals surface area contributed by atoms with Crippen molar-refractivity contribution in [3.05, 3.63) is 59.7 Å². The maximum atomic E-state index is 5.97. The van der Waals surface area contributed by atoms with E-state index < -0.39 is 0 Å². The number of guanidine groups is 1. The summed E-state index contributed by atoms with van der Waals surface area (Å²) in [6.07, 6.45) is 0.877. The van der Waals surface area contributed by atoms with E-state index in [0.29, 0.717) is 12.5 Å². The van der Waals surface area contributed by atoms with Crippen LogP contribution in [0.5, 0.6) is 11.5 Å². The third-order valence-corrected chi connectivity index (χ3v) is 4.08. The van der Waals surface area contributed by atoms with Crippen LogP contribution in [0.2, 0.25) is 0 Å². The molecule has 0 saturated heterocycles. The van der Waals surface area contributed by atoms with E-state index in [-0.39, 0.29) is 5.92 Å². The molecule has 5 nitrogen and oxygen atoms in total. The lowest BCUT2D eigenvalue weighted by Gasteiger charge is -2.14. The van der Waals surface area contributed by atoms with Crippen molar-refractivity contribution in [1.82, 2.24) is 5.32 Å². The largest absolute Gasteiger partial charge is 0.497 e. The zero-order valence-electron chi connectivity index (χ0n) is 15.2. The number of rotatable bonds is 8. The summed E-state index contributed by atoms with van der Waals surface area (Å²) in [5.74, 6) is 2.45. The van der Waals surface area contributed by atoms with Gasteiger partial charge >= 0.3 is 0 Å². The van der Waals surface area contributed by atoms with Crippen LogP contribution in [0.1, 0.15) is 24.0 Å². The Hall–Kier alpha value is -2.69. The zero-order valence-corrected chi connectivity index (χ0v) is 15.2. The number of ether oxygens (including phenoxy) is 2. The first-order chi connectivity index (χ1) is 12.1. The first kappa shape index (κ1) is 18.6. The Balaban J connectivity index is 1.80. The van der Waals surface area contributed by atoms with Crippen LogP contribution in [0.3, 0.4) is 0 Å². The van der Waals surface area contributed by atoms with Crippen molar-refractivity contribution in [3.8, 4) is 11.5 Å². The summed E-state index contributed by atoms with van der Waals surface area (Å²) in [4.78, 5) is 4.44. The molecular weight excluding hydrogens is 314 g/mol. The monoisotopic (exact) mass is 341 g/mol. The molecule has 0 aromatic heterocycles. The summed E-state index contributed by atoms with van der Waals surface area (Å²) in [6, 6.07) is 16.0. The lowest BCUT2D eigenvalue weighted by atomic mass is 10.0. The van der Waals surface area contributed by atoms with Gasteiger partial charge in [-0.2, -0.15) is 0 Å². The maximum Gasteiger partial charge on any atom is 0.188 e. The van der Waals surface area contributed by atoms with Gasteiger partial charge in [0.05, 0.1) is 14.2 Å². The maximum absolute atomic E-state index is 5.97. The molecule has 3 N–H and O–H groups in total. The first-order valence-electron chi connectivity index (χ1n) is 8.43. The van der Waals surface area contributed by atoms with Gasteiger partial charge in [0.1, 0.15) is 11.5 Å². The molecule has 5 heteroatoms. The molecule has 0 fully saturated rings. The minimum absolute atomic E-state index is 0.234. The predicted octanol–water partition coefficient (Wildman–Crippen LogP) is 2.95. The molecule has 0 amide bonds. The van der Waals surface area contributed by atoms with Crippen molar-refractivity contribution in [2.75, 3.05) is 27.3 Å². The van der Waals surface area contributed by atoms with Crippen molar-refractivity contribution in [1.29, 1.82) is 0 Å². The Morgan fingerprint density at radius 2 is 1.80 bits per heavy atom. The molecule has 0 bridgehead atoms. The summed E-state index contributed by atoms with van der Waals surface area (Å²) < 4.78 is 10.6. The van der Waals surface area contributed by atoms with Crippen molar-refractivity contribution < 1.29 is 9.47 Å². The molecule has 0 aliphatic carbocycles. The quantitative estimate of drug-likeness (QED) is 0.572. The molecule has 0 aliphatic rings. The highest BCUT2D eigenvalue weighted by atomic mass is 16.5. The minimum Gasteiger partial charge on any atom is -0.497 e. The summed E-state index contributed by atoms with van der Waals surface area (Å²) in [7, 11) is 3.35. The zero-order chi connectivity index (χ0) is 18.1. The van der Waals surface area contributed by atoms with Crippen LogP contribution in [0.25, 0.3) is 0 Å². The fourth-order valence-electron chi connectivity index (χ4n) is 2.59. The van der Waals surface area contributed by atoms with Gasteiger partial charge in [-0.1, -0.05) is 37.3 Å². The van der Waals surface area contributed by atoms with E-state index in [4.69, 9.17) is 15.2 Å². The second kappa shape index (κ2) is 9.57. The van der Waals surface area contributed by atoms with E-state index in [1.807, 2.05) is 30.3 Å². The number of aliphatic imine (C=N–C) groups is 1. The molecule has 134 valence electrons. The number of methoxy groups -OCH3 is 2. The van der Waals surface area contributed by atoms with Crippen LogP contribution < -0.4 is 20.5 Å². The normalized spacial score (nSPS) is 12.5. The van der Waals surface area contributed by atoms with Crippen LogP contribution in [0, 0.1) is 0 Å². The molecule has 0 spiro atoms. The first-order valence-corrected chi connectivity index (χ1v) is 8.43. The van der Waals surface area contributed by atoms with Gasteiger partial charge < -0.3 is 20.5 Å². The Morgan fingerprint density at radius 1 is 1.08 bits per heavy atom.